The number of carbonyl (C=O) groups is 1. The largest absolute Gasteiger partial charge is 0.416 e. The van der Waals surface area contributed by atoms with Gasteiger partial charge in [0.05, 0.1) is 36.8 Å². The van der Waals surface area contributed by atoms with Gasteiger partial charge in [-0.3, -0.25) is 4.79 Å². The summed E-state index contributed by atoms with van der Waals surface area (Å²) in [6.45, 7) is 1.52. The third kappa shape index (κ3) is 3.97. The number of aromatic nitrogens is 3. The third-order valence-corrected chi connectivity index (χ3v) is 9.24. The number of nitrogens with one attached hydrogen (secondary N) is 1. The summed E-state index contributed by atoms with van der Waals surface area (Å²) in [6.07, 6.45) is -1.48. The number of hydrogen-bond acceptors (Lipinski definition) is 6. The molecule has 0 radical (unpaired) electrons. The number of halogens is 3. The number of ether oxygens (including phenoxy) is 2. The van der Waals surface area contributed by atoms with E-state index in [4.69, 9.17) is 9.47 Å². The van der Waals surface area contributed by atoms with Crippen LogP contribution in [0.5, 0.6) is 0 Å². The molecule has 3 aromatic rings. The molecule has 0 unspecified atom stereocenters. The SMILES string of the molecule is CO[C@H]1C[C@](c2cccc(N3Cc4c(cc(CN[C@H]5[C@@H]6COC[C@@H]65)cc4C(F)(F)F)C3=O)c2)(c2nncn2C)C1. The number of benzene rings is 2. The molecule has 2 aliphatic carbocycles. The van der Waals surface area contributed by atoms with E-state index < -0.39 is 23.1 Å². The highest BCUT2D eigenvalue weighted by molar-refractivity contribution is 6.10. The smallest absolute Gasteiger partial charge is 0.381 e. The minimum absolute atomic E-state index is 0.0226. The molecule has 0 bridgehead atoms. The van der Waals surface area contributed by atoms with Crippen LogP contribution in [-0.2, 0) is 41.2 Å². The number of hydrogen-bond donors (Lipinski definition) is 1. The minimum Gasteiger partial charge on any atom is -0.381 e. The van der Waals surface area contributed by atoms with Gasteiger partial charge in [0.2, 0.25) is 0 Å². The van der Waals surface area contributed by atoms with Gasteiger partial charge in [-0.25, -0.2) is 0 Å². The van der Waals surface area contributed by atoms with E-state index in [0.29, 0.717) is 49.1 Å². The second-order valence-electron chi connectivity index (χ2n) is 11.5. The molecule has 1 amide bonds. The van der Waals surface area contributed by atoms with Crippen molar-refractivity contribution >= 4 is 11.6 Å². The lowest BCUT2D eigenvalue weighted by molar-refractivity contribution is -0.138. The summed E-state index contributed by atoms with van der Waals surface area (Å²) >= 11 is 0. The molecule has 3 atom stereocenters. The highest BCUT2D eigenvalue weighted by Crippen LogP contribution is 2.50. The zero-order valence-corrected chi connectivity index (χ0v) is 22.2. The summed E-state index contributed by atoms with van der Waals surface area (Å²) in [6, 6.07) is 10.6. The van der Waals surface area contributed by atoms with E-state index in [1.807, 2.05) is 29.8 Å². The number of methoxy groups -OCH3 is 1. The van der Waals surface area contributed by atoms with Crippen LogP contribution in [-0.4, -0.2) is 53.1 Å². The first-order chi connectivity index (χ1) is 19.2. The molecule has 3 fully saturated rings. The molecule has 2 aromatic carbocycles. The summed E-state index contributed by atoms with van der Waals surface area (Å²) in [7, 11) is 3.56. The van der Waals surface area contributed by atoms with E-state index in [1.165, 1.54) is 11.0 Å². The molecule has 2 aliphatic heterocycles. The van der Waals surface area contributed by atoms with Crippen molar-refractivity contribution in [3.8, 4) is 0 Å². The Morgan fingerprint density at radius 3 is 2.62 bits per heavy atom. The summed E-state index contributed by atoms with van der Waals surface area (Å²) in [5.74, 6) is 1.23. The Morgan fingerprint density at radius 1 is 1.18 bits per heavy atom. The quantitative estimate of drug-likeness (QED) is 0.479. The number of nitrogens with zero attached hydrogens (tertiary/aromatic N) is 4. The Labute approximate surface area is 229 Å². The lowest BCUT2D eigenvalue weighted by Crippen LogP contribution is -2.48. The summed E-state index contributed by atoms with van der Waals surface area (Å²) in [5, 5.41) is 11.8. The Morgan fingerprint density at radius 2 is 1.95 bits per heavy atom. The predicted octanol–water partition coefficient (Wildman–Crippen LogP) is 3.82. The van der Waals surface area contributed by atoms with Crippen molar-refractivity contribution in [2.24, 2.45) is 18.9 Å². The van der Waals surface area contributed by atoms with Gasteiger partial charge in [0.1, 0.15) is 12.2 Å². The third-order valence-electron chi connectivity index (χ3n) is 9.24. The van der Waals surface area contributed by atoms with Crippen molar-refractivity contribution in [2.75, 3.05) is 25.2 Å². The van der Waals surface area contributed by atoms with Crippen LogP contribution in [0.3, 0.4) is 0 Å². The van der Waals surface area contributed by atoms with Gasteiger partial charge in [-0.15, -0.1) is 10.2 Å². The summed E-state index contributed by atoms with van der Waals surface area (Å²) in [5.41, 5.74) is 0.877. The molecular formula is C29H30F3N5O3. The van der Waals surface area contributed by atoms with Gasteiger partial charge in [-0.05, 0) is 53.8 Å². The molecule has 11 heteroatoms. The maximum absolute atomic E-state index is 14.2. The molecule has 0 spiro atoms. The van der Waals surface area contributed by atoms with Gasteiger partial charge in [0.15, 0.2) is 0 Å². The normalized spacial score (nSPS) is 28.9. The van der Waals surface area contributed by atoms with Crippen molar-refractivity contribution in [1.29, 1.82) is 0 Å². The molecule has 40 heavy (non-hydrogen) atoms. The predicted molar refractivity (Wildman–Crippen MR) is 139 cm³/mol. The number of rotatable bonds is 7. The van der Waals surface area contributed by atoms with Gasteiger partial charge in [0, 0.05) is 49.8 Å². The van der Waals surface area contributed by atoms with Crippen LogP contribution >= 0.6 is 0 Å². The van der Waals surface area contributed by atoms with E-state index in [9.17, 15) is 18.0 Å². The zero-order valence-electron chi connectivity index (χ0n) is 22.2. The second kappa shape index (κ2) is 9.12. The summed E-state index contributed by atoms with van der Waals surface area (Å²) in [4.78, 5) is 15.1. The van der Waals surface area contributed by atoms with Crippen LogP contribution in [0, 0.1) is 11.8 Å². The van der Waals surface area contributed by atoms with E-state index in [2.05, 4.69) is 15.5 Å². The minimum atomic E-state index is -4.57. The highest BCUT2D eigenvalue weighted by atomic mass is 19.4. The topological polar surface area (TPSA) is 81.5 Å². The van der Waals surface area contributed by atoms with Crippen LogP contribution < -0.4 is 10.2 Å². The molecule has 8 nitrogen and oxygen atoms in total. The van der Waals surface area contributed by atoms with Crippen LogP contribution in [0.4, 0.5) is 18.9 Å². The molecule has 1 saturated heterocycles. The maximum Gasteiger partial charge on any atom is 0.416 e. The van der Waals surface area contributed by atoms with Crippen molar-refractivity contribution < 1.29 is 27.4 Å². The Bertz CT molecular complexity index is 1470. The Hall–Kier alpha value is -3.28. The fourth-order valence-electron chi connectivity index (χ4n) is 6.93. The lowest BCUT2D eigenvalue weighted by atomic mass is 9.62. The summed E-state index contributed by atoms with van der Waals surface area (Å²) < 4.78 is 55.5. The van der Waals surface area contributed by atoms with E-state index in [0.717, 1.165) is 11.4 Å². The first-order valence-corrected chi connectivity index (χ1v) is 13.5. The Balaban J connectivity index is 1.19. The number of anilines is 1. The molecule has 4 aliphatic rings. The fraction of sp³-hybridized carbons (Fsp3) is 0.483. The van der Waals surface area contributed by atoms with Gasteiger partial charge in [-0.1, -0.05) is 12.1 Å². The zero-order chi connectivity index (χ0) is 27.8. The molecular weight excluding hydrogens is 523 g/mol. The maximum atomic E-state index is 14.2. The number of alkyl halides is 3. The monoisotopic (exact) mass is 553 g/mol. The number of amides is 1. The van der Waals surface area contributed by atoms with E-state index in [-0.39, 0.29) is 36.4 Å². The fourth-order valence-corrected chi connectivity index (χ4v) is 6.93. The van der Waals surface area contributed by atoms with E-state index in [1.54, 1.807) is 25.6 Å². The molecule has 1 N–H and O–H groups in total. The molecule has 210 valence electrons. The average Bonchev–Trinajstić information content (AvgIpc) is 3.29. The molecule has 3 heterocycles. The van der Waals surface area contributed by atoms with Crippen LogP contribution in [0.1, 0.15) is 51.3 Å². The first-order valence-electron chi connectivity index (χ1n) is 13.5. The van der Waals surface area contributed by atoms with Crippen molar-refractivity contribution in [3.05, 3.63) is 76.4 Å². The van der Waals surface area contributed by atoms with Crippen molar-refractivity contribution in [2.45, 2.75) is 49.7 Å². The van der Waals surface area contributed by atoms with Gasteiger partial charge >= 0.3 is 6.18 Å². The average molecular weight is 554 g/mol. The van der Waals surface area contributed by atoms with Gasteiger partial charge in [0.25, 0.3) is 5.91 Å². The standard InChI is InChI=1S/C29H30F3N5O3/c1-36-15-34-35-27(36)28(9-19(10-28)39-2)17-4-3-5-18(8-17)37-12-21-20(26(37)38)6-16(7-24(21)29(30,31)32)11-33-25-22-13-40-14-23(22)25/h3-8,15,19,22-23,25,33H,9-14H2,1-2H3/t19-,22-,23+,25+,28-. The van der Waals surface area contributed by atoms with Gasteiger partial charge < -0.3 is 24.3 Å². The van der Waals surface area contributed by atoms with Crippen LogP contribution in [0.2, 0.25) is 0 Å². The molecule has 2 saturated carbocycles. The number of carbonyl (C=O) groups excluding carboxylic acids is 1. The van der Waals surface area contributed by atoms with Crippen LogP contribution in [0.25, 0.3) is 0 Å². The Kier molecular flexibility index (Phi) is 5.85. The van der Waals surface area contributed by atoms with Crippen LogP contribution in [0.15, 0.2) is 42.7 Å². The van der Waals surface area contributed by atoms with E-state index >= 15 is 0 Å². The second-order valence-corrected chi connectivity index (χ2v) is 11.5. The number of aryl methyl sites for hydroxylation is 1. The van der Waals surface area contributed by atoms with Crippen molar-refractivity contribution in [1.82, 2.24) is 20.1 Å². The lowest BCUT2D eigenvalue weighted by Gasteiger charge is -2.46. The highest BCUT2D eigenvalue weighted by Gasteiger charge is 2.54. The van der Waals surface area contributed by atoms with Crippen molar-refractivity contribution in [3.63, 3.8) is 0 Å². The number of fused-ring (bicyclic) bond motifs is 2. The first kappa shape index (κ1) is 25.7. The molecule has 1 aromatic heterocycles. The molecule has 7 rings (SSSR count). The van der Waals surface area contributed by atoms with Gasteiger partial charge in [-0.2, -0.15) is 13.2 Å².